The average molecular weight is 271 g/mol. The molecule has 0 bridgehead atoms. The molecule has 20 heavy (non-hydrogen) atoms. The molecule has 2 rings (SSSR count). The number of benzene rings is 2. The number of carbonyl (C=O) groups excluding carboxylic acids is 1. The monoisotopic (exact) mass is 271 g/mol. The van der Waals surface area contributed by atoms with Crippen molar-refractivity contribution in [2.45, 2.75) is 32.4 Å². The van der Waals surface area contributed by atoms with E-state index in [1.807, 2.05) is 57.2 Å². The van der Waals surface area contributed by atoms with E-state index in [0.717, 1.165) is 16.3 Å². The third-order valence-corrected chi connectivity index (χ3v) is 3.50. The molecule has 0 spiro atoms. The van der Waals surface area contributed by atoms with Crippen molar-refractivity contribution in [2.75, 3.05) is 7.11 Å². The molecule has 0 heterocycles. The lowest BCUT2D eigenvalue weighted by atomic mass is 9.89. The highest BCUT2D eigenvalue weighted by molar-refractivity contribution is 5.87. The minimum Gasteiger partial charge on any atom is -0.467 e. The standard InChI is InChI=1S/C17H21NO2/c1-12(2)18-17(3,16(19)20-4)15-10-9-13-7-5-6-8-14(13)11-15/h5-12,18H,1-4H3. The topological polar surface area (TPSA) is 38.3 Å². The van der Waals surface area contributed by atoms with Crippen molar-refractivity contribution in [1.82, 2.24) is 5.32 Å². The number of methoxy groups -OCH3 is 1. The third kappa shape index (κ3) is 2.68. The Morgan fingerprint density at radius 3 is 2.40 bits per heavy atom. The van der Waals surface area contributed by atoms with E-state index in [4.69, 9.17) is 4.74 Å². The highest BCUT2D eigenvalue weighted by Crippen LogP contribution is 2.26. The fraction of sp³-hybridized carbons (Fsp3) is 0.353. The van der Waals surface area contributed by atoms with Gasteiger partial charge in [0, 0.05) is 6.04 Å². The summed E-state index contributed by atoms with van der Waals surface area (Å²) in [5, 5.41) is 5.59. The van der Waals surface area contributed by atoms with Crippen molar-refractivity contribution in [3.63, 3.8) is 0 Å². The van der Waals surface area contributed by atoms with Gasteiger partial charge in [-0.25, -0.2) is 4.79 Å². The summed E-state index contributed by atoms with van der Waals surface area (Å²) in [5.74, 6) is -0.276. The van der Waals surface area contributed by atoms with Crippen molar-refractivity contribution in [1.29, 1.82) is 0 Å². The van der Waals surface area contributed by atoms with Crippen LogP contribution in [0.25, 0.3) is 10.8 Å². The van der Waals surface area contributed by atoms with Crippen LogP contribution in [-0.4, -0.2) is 19.1 Å². The van der Waals surface area contributed by atoms with E-state index >= 15 is 0 Å². The van der Waals surface area contributed by atoms with Crippen LogP contribution < -0.4 is 5.32 Å². The maximum absolute atomic E-state index is 12.2. The van der Waals surface area contributed by atoms with E-state index in [-0.39, 0.29) is 12.0 Å². The summed E-state index contributed by atoms with van der Waals surface area (Å²) >= 11 is 0. The molecule has 2 aromatic rings. The van der Waals surface area contributed by atoms with E-state index in [9.17, 15) is 4.79 Å². The first kappa shape index (κ1) is 14.5. The molecule has 3 heteroatoms. The minimum absolute atomic E-state index is 0.172. The Morgan fingerprint density at radius 1 is 1.15 bits per heavy atom. The molecular weight excluding hydrogens is 250 g/mol. The quantitative estimate of drug-likeness (QED) is 0.868. The summed E-state index contributed by atoms with van der Waals surface area (Å²) in [6.07, 6.45) is 0. The smallest absolute Gasteiger partial charge is 0.330 e. The van der Waals surface area contributed by atoms with Gasteiger partial charge in [0.2, 0.25) is 0 Å². The Bertz CT molecular complexity index is 621. The molecule has 1 unspecified atom stereocenters. The van der Waals surface area contributed by atoms with E-state index in [0.29, 0.717) is 0 Å². The first-order valence-electron chi connectivity index (χ1n) is 6.83. The number of hydrogen-bond donors (Lipinski definition) is 1. The van der Waals surface area contributed by atoms with Gasteiger partial charge < -0.3 is 4.74 Å². The zero-order valence-electron chi connectivity index (χ0n) is 12.4. The molecule has 0 aliphatic rings. The number of hydrogen-bond acceptors (Lipinski definition) is 3. The fourth-order valence-electron chi connectivity index (χ4n) is 2.54. The molecule has 0 amide bonds. The molecule has 0 fully saturated rings. The van der Waals surface area contributed by atoms with E-state index < -0.39 is 5.54 Å². The van der Waals surface area contributed by atoms with Crippen LogP contribution in [0.4, 0.5) is 0 Å². The molecule has 0 aromatic heterocycles. The Morgan fingerprint density at radius 2 is 1.80 bits per heavy atom. The van der Waals surface area contributed by atoms with Gasteiger partial charge in [0.15, 0.2) is 0 Å². The van der Waals surface area contributed by atoms with Crippen LogP contribution in [0.15, 0.2) is 42.5 Å². The highest BCUT2D eigenvalue weighted by atomic mass is 16.5. The number of nitrogens with one attached hydrogen (secondary N) is 1. The lowest BCUT2D eigenvalue weighted by Crippen LogP contribution is -2.50. The third-order valence-electron chi connectivity index (χ3n) is 3.50. The minimum atomic E-state index is -0.840. The summed E-state index contributed by atoms with van der Waals surface area (Å²) in [6.45, 7) is 5.90. The Hall–Kier alpha value is -1.87. The van der Waals surface area contributed by atoms with Gasteiger partial charge in [-0.3, -0.25) is 5.32 Å². The maximum Gasteiger partial charge on any atom is 0.330 e. The van der Waals surface area contributed by atoms with Gasteiger partial charge in [-0.1, -0.05) is 36.4 Å². The van der Waals surface area contributed by atoms with Crippen molar-refractivity contribution >= 4 is 16.7 Å². The van der Waals surface area contributed by atoms with Gasteiger partial charge in [-0.15, -0.1) is 0 Å². The second-order valence-electron chi connectivity index (χ2n) is 5.48. The molecule has 1 atom stereocenters. The van der Waals surface area contributed by atoms with Crippen molar-refractivity contribution in [2.24, 2.45) is 0 Å². The molecule has 0 saturated heterocycles. The summed E-state index contributed by atoms with van der Waals surface area (Å²) in [6, 6.07) is 14.3. The lowest BCUT2D eigenvalue weighted by molar-refractivity contribution is -0.148. The molecule has 0 radical (unpaired) electrons. The summed E-state index contributed by atoms with van der Waals surface area (Å²) < 4.78 is 4.98. The zero-order valence-corrected chi connectivity index (χ0v) is 12.4. The molecule has 3 nitrogen and oxygen atoms in total. The van der Waals surface area contributed by atoms with E-state index in [1.165, 1.54) is 7.11 Å². The normalized spacial score (nSPS) is 14.2. The number of fused-ring (bicyclic) bond motifs is 1. The van der Waals surface area contributed by atoms with Crippen LogP contribution >= 0.6 is 0 Å². The van der Waals surface area contributed by atoms with Gasteiger partial charge >= 0.3 is 5.97 Å². The van der Waals surface area contributed by atoms with Crippen molar-refractivity contribution in [3.05, 3.63) is 48.0 Å². The van der Waals surface area contributed by atoms with E-state index in [2.05, 4.69) is 11.4 Å². The van der Waals surface area contributed by atoms with Crippen molar-refractivity contribution in [3.8, 4) is 0 Å². The Kier molecular flexibility index (Phi) is 4.09. The second kappa shape index (κ2) is 5.63. The Labute approximate surface area is 119 Å². The SMILES string of the molecule is COC(=O)C(C)(NC(C)C)c1ccc2ccccc2c1. The zero-order chi connectivity index (χ0) is 14.8. The number of ether oxygens (including phenoxy) is 1. The molecule has 2 aromatic carbocycles. The molecule has 106 valence electrons. The summed E-state index contributed by atoms with van der Waals surface area (Å²) in [7, 11) is 1.42. The fourth-order valence-corrected chi connectivity index (χ4v) is 2.54. The van der Waals surface area contributed by atoms with Gasteiger partial charge in [0.25, 0.3) is 0 Å². The van der Waals surface area contributed by atoms with Crippen LogP contribution in [0.3, 0.4) is 0 Å². The molecular formula is C17H21NO2. The predicted octanol–water partition coefficient (Wildman–Crippen LogP) is 3.23. The number of rotatable bonds is 4. The Balaban J connectivity index is 2.53. The van der Waals surface area contributed by atoms with Gasteiger partial charge in [0.1, 0.15) is 5.54 Å². The highest BCUT2D eigenvalue weighted by Gasteiger charge is 2.36. The summed E-state index contributed by atoms with van der Waals surface area (Å²) in [5.41, 5.74) is 0.0733. The van der Waals surface area contributed by atoms with Crippen LogP contribution in [0.1, 0.15) is 26.3 Å². The van der Waals surface area contributed by atoms with Crippen molar-refractivity contribution < 1.29 is 9.53 Å². The van der Waals surface area contributed by atoms with Gasteiger partial charge in [-0.2, -0.15) is 0 Å². The summed E-state index contributed by atoms with van der Waals surface area (Å²) in [4.78, 5) is 12.2. The molecule has 1 N–H and O–H groups in total. The van der Waals surface area contributed by atoms with Crippen LogP contribution in [0.5, 0.6) is 0 Å². The largest absolute Gasteiger partial charge is 0.467 e. The molecule has 0 aliphatic heterocycles. The van der Waals surface area contributed by atoms with Crippen LogP contribution in [0, 0.1) is 0 Å². The number of carbonyl (C=O) groups is 1. The molecule has 0 aliphatic carbocycles. The van der Waals surface area contributed by atoms with Gasteiger partial charge in [-0.05, 0) is 43.2 Å². The average Bonchev–Trinajstić information content (AvgIpc) is 2.45. The first-order valence-corrected chi connectivity index (χ1v) is 6.83. The first-order chi connectivity index (χ1) is 9.47. The van der Waals surface area contributed by atoms with Crippen LogP contribution in [0.2, 0.25) is 0 Å². The van der Waals surface area contributed by atoms with Crippen LogP contribution in [-0.2, 0) is 15.1 Å². The lowest BCUT2D eigenvalue weighted by Gasteiger charge is -2.31. The number of esters is 1. The predicted molar refractivity (Wildman–Crippen MR) is 81.6 cm³/mol. The van der Waals surface area contributed by atoms with E-state index in [1.54, 1.807) is 0 Å². The molecule has 0 saturated carbocycles. The second-order valence-corrected chi connectivity index (χ2v) is 5.48. The van der Waals surface area contributed by atoms with Gasteiger partial charge in [0.05, 0.1) is 7.11 Å². The maximum atomic E-state index is 12.2.